The Hall–Kier alpha value is -1.46. The van der Waals surface area contributed by atoms with Gasteiger partial charge in [0, 0.05) is 11.6 Å². The van der Waals surface area contributed by atoms with E-state index in [1.807, 2.05) is 0 Å². The highest BCUT2D eigenvalue weighted by molar-refractivity contribution is 6.32. The van der Waals surface area contributed by atoms with Crippen LogP contribution in [0.1, 0.15) is 23.6 Å². The van der Waals surface area contributed by atoms with Gasteiger partial charge in [0.15, 0.2) is 11.5 Å². The fourth-order valence-electron chi connectivity index (χ4n) is 1.92. The summed E-state index contributed by atoms with van der Waals surface area (Å²) in [5.74, 6) is 0.211. The van der Waals surface area contributed by atoms with Crippen molar-refractivity contribution in [1.29, 1.82) is 0 Å². The lowest BCUT2D eigenvalue weighted by Crippen LogP contribution is -2.19. The first kappa shape index (κ1) is 13.0. The van der Waals surface area contributed by atoms with Crippen LogP contribution in [0.25, 0.3) is 0 Å². The van der Waals surface area contributed by atoms with E-state index >= 15 is 0 Å². The summed E-state index contributed by atoms with van der Waals surface area (Å²) in [4.78, 5) is 10.7. The molecule has 0 saturated heterocycles. The van der Waals surface area contributed by atoms with E-state index in [0.717, 1.165) is 5.56 Å². The molecule has 0 saturated carbocycles. The fraction of sp³-hybridized carbons (Fsp3) is 0.417. The highest BCUT2D eigenvalue weighted by atomic mass is 35.5. The van der Waals surface area contributed by atoms with Crippen molar-refractivity contribution in [2.24, 2.45) is 5.73 Å². The van der Waals surface area contributed by atoms with E-state index in [-0.39, 0.29) is 6.42 Å². The molecule has 1 unspecified atom stereocenters. The lowest BCUT2D eigenvalue weighted by atomic mass is 10.0. The Morgan fingerprint density at radius 3 is 2.89 bits per heavy atom. The number of halogens is 1. The topological polar surface area (TPSA) is 81.8 Å². The van der Waals surface area contributed by atoms with E-state index in [0.29, 0.717) is 35.3 Å². The Morgan fingerprint density at radius 1 is 1.56 bits per heavy atom. The van der Waals surface area contributed by atoms with Crippen molar-refractivity contribution in [3.8, 4) is 11.5 Å². The van der Waals surface area contributed by atoms with Crippen LogP contribution in [0.2, 0.25) is 5.02 Å². The number of carboxylic acids is 1. The van der Waals surface area contributed by atoms with Gasteiger partial charge in [0.25, 0.3) is 0 Å². The van der Waals surface area contributed by atoms with E-state index in [1.54, 1.807) is 13.0 Å². The molecule has 5 nitrogen and oxygen atoms in total. The quantitative estimate of drug-likeness (QED) is 0.877. The summed E-state index contributed by atoms with van der Waals surface area (Å²) < 4.78 is 11.0. The minimum absolute atomic E-state index is 0.182. The number of benzene rings is 1. The summed E-state index contributed by atoms with van der Waals surface area (Å²) in [7, 11) is 0. The summed E-state index contributed by atoms with van der Waals surface area (Å²) in [5, 5.41) is 9.20. The Bertz CT molecular complexity index is 489. The molecule has 1 aromatic carbocycles. The zero-order valence-corrected chi connectivity index (χ0v) is 10.7. The molecule has 1 heterocycles. The third-order valence-corrected chi connectivity index (χ3v) is 3.32. The second kappa shape index (κ2) is 5.04. The van der Waals surface area contributed by atoms with Gasteiger partial charge in [0.1, 0.15) is 13.2 Å². The number of carboxylic acid groups (broad SMARTS) is 1. The average molecular weight is 272 g/mol. The summed E-state index contributed by atoms with van der Waals surface area (Å²) in [5.41, 5.74) is 7.13. The molecule has 2 rings (SSSR count). The monoisotopic (exact) mass is 271 g/mol. The van der Waals surface area contributed by atoms with Crippen molar-refractivity contribution in [2.75, 3.05) is 13.2 Å². The number of hydrogen-bond acceptors (Lipinski definition) is 4. The first-order valence-corrected chi connectivity index (χ1v) is 5.94. The van der Waals surface area contributed by atoms with Crippen LogP contribution in [-0.4, -0.2) is 24.3 Å². The average Bonchev–Trinajstić information content (AvgIpc) is 2.33. The first-order chi connectivity index (χ1) is 8.50. The third-order valence-electron chi connectivity index (χ3n) is 2.81. The molecule has 0 aliphatic carbocycles. The largest absolute Gasteiger partial charge is 0.486 e. The molecule has 1 aliphatic rings. The molecule has 98 valence electrons. The van der Waals surface area contributed by atoms with Crippen molar-refractivity contribution in [3.63, 3.8) is 0 Å². The smallest absolute Gasteiger partial charge is 0.305 e. The second-order valence-corrected chi connectivity index (χ2v) is 4.51. The van der Waals surface area contributed by atoms with E-state index in [9.17, 15) is 4.79 Å². The number of carbonyl (C=O) groups is 1. The van der Waals surface area contributed by atoms with Crippen molar-refractivity contribution < 1.29 is 19.4 Å². The molecule has 0 amide bonds. The molecular formula is C12H14ClNO4. The van der Waals surface area contributed by atoms with Crippen LogP contribution in [-0.2, 0) is 4.79 Å². The van der Waals surface area contributed by atoms with Crippen LogP contribution in [0.4, 0.5) is 0 Å². The lowest BCUT2D eigenvalue weighted by molar-refractivity contribution is -0.137. The van der Waals surface area contributed by atoms with Crippen LogP contribution in [0.5, 0.6) is 11.5 Å². The molecule has 6 heteroatoms. The zero-order valence-electron chi connectivity index (χ0n) is 9.90. The molecular weight excluding hydrogens is 258 g/mol. The van der Waals surface area contributed by atoms with Gasteiger partial charge < -0.3 is 20.3 Å². The van der Waals surface area contributed by atoms with E-state index < -0.39 is 12.0 Å². The standard InChI is InChI=1S/C12H14ClNO4/c1-6-11(13)7(8(14)5-10(15)16)4-9-12(6)18-3-2-17-9/h4,8H,2-3,5,14H2,1H3,(H,15,16). The molecule has 0 aromatic heterocycles. The number of fused-ring (bicyclic) bond motifs is 1. The Kier molecular flexibility index (Phi) is 3.63. The normalized spacial score (nSPS) is 15.3. The van der Waals surface area contributed by atoms with Crippen LogP contribution < -0.4 is 15.2 Å². The van der Waals surface area contributed by atoms with E-state index in [1.165, 1.54) is 0 Å². The van der Waals surface area contributed by atoms with E-state index in [2.05, 4.69) is 0 Å². The van der Waals surface area contributed by atoms with Gasteiger partial charge >= 0.3 is 5.97 Å². The summed E-state index contributed by atoms with van der Waals surface area (Å²) in [6.07, 6.45) is -0.182. The fourth-order valence-corrected chi connectivity index (χ4v) is 2.20. The van der Waals surface area contributed by atoms with Gasteiger partial charge in [-0.15, -0.1) is 0 Å². The maximum absolute atomic E-state index is 10.7. The van der Waals surface area contributed by atoms with Gasteiger partial charge in [0.2, 0.25) is 0 Å². The van der Waals surface area contributed by atoms with Crippen LogP contribution in [0.3, 0.4) is 0 Å². The molecule has 1 aliphatic heterocycles. The highest BCUT2D eigenvalue weighted by Crippen LogP contribution is 2.41. The summed E-state index contributed by atoms with van der Waals surface area (Å²) >= 11 is 6.20. The van der Waals surface area contributed by atoms with Crippen molar-refractivity contribution in [2.45, 2.75) is 19.4 Å². The van der Waals surface area contributed by atoms with Crippen LogP contribution >= 0.6 is 11.6 Å². The maximum atomic E-state index is 10.7. The molecule has 1 atom stereocenters. The minimum atomic E-state index is -0.967. The number of nitrogens with two attached hydrogens (primary N) is 1. The zero-order chi connectivity index (χ0) is 13.3. The number of rotatable bonds is 3. The Balaban J connectivity index is 2.42. The van der Waals surface area contributed by atoms with Gasteiger partial charge in [-0.25, -0.2) is 0 Å². The number of ether oxygens (including phenoxy) is 2. The van der Waals surface area contributed by atoms with Gasteiger partial charge in [-0.05, 0) is 18.6 Å². The predicted octanol–water partition coefficient (Wildman–Crippen LogP) is 1.89. The SMILES string of the molecule is Cc1c(Cl)c(C(N)CC(=O)O)cc2c1OCCO2. The molecule has 0 bridgehead atoms. The highest BCUT2D eigenvalue weighted by Gasteiger charge is 2.23. The second-order valence-electron chi connectivity index (χ2n) is 4.13. The number of hydrogen-bond donors (Lipinski definition) is 2. The minimum Gasteiger partial charge on any atom is -0.486 e. The lowest BCUT2D eigenvalue weighted by Gasteiger charge is -2.23. The molecule has 18 heavy (non-hydrogen) atoms. The molecule has 1 aromatic rings. The van der Waals surface area contributed by atoms with Gasteiger partial charge in [0.05, 0.1) is 11.4 Å². The van der Waals surface area contributed by atoms with Gasteiger partial charge in [-0.2, -0.15) is 0 Å². The number of aliphatic carboxylic acids is 1. The Labute approximate surface area is 109 Å². The molecule has 3 N–H and O–H groups in total. The molecule has 0 radical (unpaired) electrons. The Morgan fingerprint density at radius 2 is 2.22 bits per heavy atom. The van der Waals surface area contributed by atoms with Crippen molar-refractivity contribution >= 4 is 17.6 Å². The third kappa shape index (κ3) is 2.37. The molecule has 0 spiro atoms. The van der Waals surface area contributed by atoms with Crippen LogP contribution in [0, 0.1) is 6.92 Å². The summed E-state index contributed by atoms with van der Waals surface area (Å²) in [6, 6.07) is 1.00. The van der Waals surface area contributed by atoms with Crippen molar-refractivity contribution in [3.05, 3.63) is 22.2 Å². The maximum Gasteiger partial charge on any atom is 0.305 e. The molecule has 0 fully saturated rings. The van der Waals surface area contributed by atoms with Crippen LogP contribution in [0.15, 0.2) is 6.07 Å². The van der Waals surface area contributed by atoms with E-state index in [4.69, 9.17) is 31.9 Å². The first-order valence-electron chi connectivity index (χ1n) is 5.56. The predicted molar refractivity (Wildman–Crippen MR) is 66.4 cm³/mol. The summed E-state index contributed by atoms with van der Waals surface area (Å²) in [6.45, 7) is 2.74. The van der Waals surface area contributed by atoms with Gasteiger partial charge in [-0.1, -0.05) is 11.6 Å². The van der Waals surface area contributed by atoms with Crippen molar-refractivity contribution in [1.82, 2.24) is 0 Å². The van der Waals surface area contributed by atoms with Gasteiger partial charge in [-0.3, -0.25) is 4.79 Å².